The first kappa shape index (κ1) is 13.4. The van der Waals surface area contributed by atoms with Gasteiger partial charge in [-0.15, -0.1) is 11.3 Å². The molecule has 0 N–H and O–H groups in total. The van der Waals surface area contributed by atoms with Gasteiger partial charge in [-0.25, -0.2) is 0 Å². The van der Waals surface area contributed by atoms with E-state index in [4.69, 9.17) is 4.52 Å². The van der Waals surface area contributed by atoms with Gasteiger partial charge in [0, 0.05) is 23.4 Å². The Bertz CT molecular complexity index is 584. The predicted molar refractivity (Wildman–Crippen MR) is 77.7 cm³/mol. The molecule has 1 fully saturated rings. The lowest BCUT2D eigenvalue weighted by molar-refractivity contribution is -0.139. The molecule has 1 saturated heterocycles. The van der Waals surface area contributed by atoms with Crippen LogP contribution in [0, 0.1) is 13.8 Å². The number of aryl methyl sites for hydroxylation is 2. The number of hydrogen-bond donors (Lipinski definition) is 0. The van der Waals surface area contributed by atoms with Crippen molar-refractivity contribution in [3.63, 3.8) is 0 Å². The van der Waals surface area contributed by atoms with Crippen molar-refractivity contribution in [1.82, 2.24) is 10.1 Å². The van der Waals surface area contributed by atoms with E-state index in [9.17, 15) is 4.79 Å². The highest BCUT2D eigenvalue weighted by Gasteiger charge is 2.33. The van der Waals surface area contributed by atoms with Crippen LogP contribution in [0.3, 0.4) is 0 Å². The van der Waals surface area contributed by atoms with E-state index in [1.54, 1.807) is 11.3 Å². The van der Waals surface area contributed by atoms with E-state index in [1.807, 2.05) is 24.8 Å². The summed E-state index contributed by atoms with van der Waals surface area (Å²) in [6.45, 7) is 4.70. The molecular weight excluding hydrogens is 272 g/mol. The second-order valence-electron chi connectivity index (χ2n) is 5.21. The molecule has 0 saturated carbocycles. The molecule has 0 radical (unpaired) electrons. The maximum absolute atomic E-state index is 12.3. The van der Waals surface area contributed by atoms with Gasteiger partial charge < -0.3 is 9.42 Å². The number of likely N-dealkylation sites (tertiary alicyclic amines) is 1. The van der Waals surface area contributed by atoms with Crippen molar-refractivity contribution in [2.75, 3.05) is 6.54 Å². The quantitative estimate of drug-likeness (QED) is 0.868. The third-order valence-corrected chi connectivity index (χ3v) is 4.96. The summed E-state index contributed by atoms with van der Waals surface area (Å²) in [5.74, 6) is 1.06. The molecule has 1 aliphatic rings. The molecule has 0 aliphatic carbocycles. The maximum Gasteiger partial charge on any atom is 0.223 e. The first-order valence-electron chi connectivity index (χ1n) is 6.91. The molecule has 1 aliphatic heterocycles. The third-order valence-electron chi connectivity index (χ3n) is 3.98. The lowest BCUT2D eigenvalue weighted by Crippen LogP contribution is -2.44. The Labute approximate surface area is 122 Å². The molecule has 3 heterocycles. The van der Waals surface area contributed by atoms with E-state index >= 15 is 0 Å². The van der Waals surface area contributed by atoms with Crippen molar-refractivity contribution in [2.24, 2.45) is 0 Å². The van der Waals surface area contributed by atoms with Crippen LogP contribution in [0.25, 0.3) is 0 Å². The molecule has 0 spiro atoms. The second-order valence-corrected chi connectivity index (χ2v) is 6.19. The van der Waals surface area contributed by atoms with E-state index in [2.05, 4.69) is 16.6 Å². The molecule has 1 atom stereocenters. The summed E-state index contributed by atoms with van der Waals surface area (Å²) in [6.07, 6.45) is 2.33. The molecule has 5 heteroatoms. The minimum Gasteiger partial charge on any atom is -0.361 e. The van der Waals surface area contributed by atoms with Gasteiger partial charge in [0.05, 0.1) is 11.7 Å². The number of carbonyl (C=O) groups is 1. The summed E-state index contributed by atoms with van der Waals surface area (Å²) in [4.78, 5) is 15.6. The van der Waals surface area contributed by atoms with Gasteiger partial charge >= 0.3 is 0 Å². The first-order chi connectivity index (χ1) is 9.66. The number of nitrogens with zero attached hydrogens (tertiary/aromatic N) is 2. The molecule has 20 heavy (non-hydrogen) atoms. The molecule has 0 unspecified atom stereocenters. The van der Waals surface area contributed by atoms with Gasteiger partial charge in [-0.2, -0.15) is 0 Å². The van der Waals surface area contributed by atoms with E-state index in [1.165, 1.54) is 4.88 Å². The van der Waals surface area contributed by atoms with Gasteiger partial charge in [-0.05, 0) is 38.1 Å². The molecule has 2 aromatic rings. The molecule has 106 valence electrons. The second kappa shape index (κ2) is 5.40. The molecule has 1 amide bonds. The fraction of sp³-hybridized carbons (Fsp3) is 0.467. The highest BCUT2D eigenvalue weighted by molar-refractivity contribution is 7.10. The van der Waals surface area contributed by atoms with Crippen molar-refractivity contribution in [1.29, 1.82) is 0 Å². The molecule has 4 nitrogen and oxygen atoms in total. The van der Waals surface area contributed by atoms with E-state index in [-0.39, 0.29) is 5.91 Å². The Morgan fingerprint density at radius 2 is 2.40 bits per heavy atom. The van der Waals surface area contributed by atoms with Crippen LogP contribution in [-0.4, -0.2) is 22.5 Å². The fourth-order valence-corrected chi connectivity index (χ4v) is 3.57. The van der Waals surface area contributed by atoms with Gasteiger partial charge in [0.1, 0.15) is 5.76 Å². The molecular formula is C15H18N2O2S. The molecule has 3 rings (SSSR count). The highest BCUT2D eigenvalue weighted by atomic mass is 32.1. The number of amides is 1. The highest BCUT2D eigenvalue weighted by Crippen LogP contribution is 2.36. The number of carbonyl (C=O) groups excluding carboxylic acids is 1. The third kappa shape index (κ3) is 2.38. The van der Waals surface area contributed by atoms with E-state index in [0.29, 0.717) is 18.9 Å². The summed E-state index contributed by atoms with van der Waals surface area (Å²) < 4.78 is 5.14. The standard InChI is InChI=1S/C15H18N2O2S/c1-10-12(11(2)19-16-10)5-6-15(18)17-8-7-13(17)14-4-3-9-20-14/h3-4,9,13H,5-8H2,1-2H3/t13-/m0/s1. The molecule has 2 aromatic heterocycles. The Morgan fingerprint density at radius 3 is 2.95 bits per heavy atom. The zero-order chi connectivity index (χ0) is 14.1. The van der Waals surface area contributed by atoms with Crippen molar-refractivity contribution in [2.45, 2.75) is 39.2 Å². The Hall–Kier alpha value is -1.62. The van der Waals surface area contributed by atoms with Crippen molar-refractivity contribution in [3.05, 3.63) is 39.4 Å². The summed E-state index contributed by atoms with van der Waals surface area (Å²) in [6, 6.07) is 4.46. The van der Waals surface area contributed by atoms with Crippen LogP contribution in [0.2, 0.25) is 0 Å². The molecule has 0 aromatic carbocycles. The van der Waals surface area contributed by atoms with Crippen LogP contribution < -0.4 is 0 Å². The van der Waals surface area contributed by atoms with E-state index < -0.39 is 0 Å². The summed E-state index contributed by atoms with van der Waals surface area (Å²) in [5, 5.41) is 6.00. The van der Waals surface area contributed by atoms with Crippen molar-refractivity contribution >= 4 is 17.2 Å². The Balaban J connectivity index is 1.60. The topological polar surface area (TPSA) is 46.3 Å². The van der Waals surface area contributed by atoms with Crippen molar-refractivity contribution in [3.8, 4) is 0 Å². The SMILES string of the molecule is Cc1noc(C)c1CCC(=O)N1CC[C@H]1c1cccs1. The minimum atomic E-state index is 0.231. The average Bonchev–Trinajstić information content (AvgIpc) is 2.98. The van der Waals surface area contributed by atoms with Crippen LogP contribution in [0.15, 0.2) is 22.0 Å². The summed E-state index contributed by atoms with van der Waals surface area (Å²) >= 11 is 1.73. The lowest BCUT2D eigenvalue weighted by atomic mass is 9.99. The van der Waals surface area contributed by atoms with E-state index in [0.717, 1.165) is 30.0 Å². The smallest absolute Gasteiger partial charge is 0.223 e. The van der Waals surface area contributed by atoms with Gasteiger partial charge in [0.15, 0.2) is 0 Å². The number of hydrogen-bond acceptors (Lipinski definition) is 4. The van der Waals surface area contributed by atoms with Gasteiger partial charge in [-0.3, -0.25) is 4.79 Å². The van der Waals surface area contributed by atoms with Crippen LogP contribution in [-0.2, 0) is 11.2 Å². The lowest BCUT2D eigenvalue weighted by Gasteiger charge is -2.40. The zero-order valence-electron chi connectivity index (χ0n) is 11.8. The monoisotopic (exact) mass is 290 g/mol. The molecule has 0 bridgehead atoms. The summed E-state index contributed by atoms with van der Waals surface area (Å²) in [5.41, 5.74) is 1.97. The van der Waals surface area contributed by atoms with Crippen LogP contribution >= 0.6 is 11.3 Å². The number of aromatic nitrogens is 1. The predicted octanol–water partition coefficient (Wildman–Crippen LogP) is 3.26. The fourth-order valence-electron chi connectivity index (χ4n) is 2.70. The number of thiophene rings is 1. The Morgan fingerprint density at radius 1 is 1.55 bits per heavy atom. The normalized spacial score (nSPS) is 18.1. The van der Waals surface area contributed by atoms with Gasteiger partial charge in [-0.1, -0.05) is 11.2 Å². The van der Waals surface area contributed by atoms with Crippen LogP contribution in [0.5, 0.6) is 0 Å². The van der Waals surface area contributed by atoms with Crippen molar-refractivity contribution < 1.29 is 9.32 Å². The van der Waals surface area contributed by atoms with Crippen LogP contribution in [0.4, 0.5) is 0 Å². The summed E-state index contributed by atoms with van der Waals surface area (Å²) in [7, 11) is 0. The Kier molecular flexibility index (Phi) is 3.61. The first-order valence-corrected chi connectivity index (χ1v) is 7.79. The minimum absolute atomic E-state index is 0.231. The average molecular weight is 290 g/mol. The van der Waals surface area contributed by atoms with Gasteiger partial charge in [0.2, 0.25) is 5.91 Å². The largest absolute Gasteiger partial charge is 0.361 e. The van der Waals surface area contributed by atoms with Gasteiger partial charge in [0.25, 0.3) is 0 Å². The number of rotatable bonds is 4. The maximum atomic E-state index is 12.3. The van der Waals surface area contributed by atoms with Crippen LogP contribution in [0.1, 0.15) is 40.8 Å². The zero-order valence-corrected chi connectivity index (χ0v) is 12.6.